The number of carbonyl (C=O) groups is 1. The van der Waals surface area contributed by atoms with Gasteiger partial charge in [-0.1, -0.05) is 20.8 Å². The standard InChI is InChI=1S/C8H15F3N2O/c1-7(2,3)5(12)4-13-6(14)8(9,10)11/h5H,4,12H2,1-3H3,(H,13,14). The van der Waals surface area contributed by atoms with Crippen molar-refractivity contribution in [2.45, 2.75) is 33.0 Å². The molecule has 0 aliphatic heterocycles. The van der Waals surface area contributed by atoms with Gasteiger partial charge in [0, 0.05) is 12.6 Å². The summed E-state index contributed by atoms with van der Waals surface area (Å²) in [5.41, 5.74) is 5.23. The molecule has 1 atom stereocenters. The van der Waals surface area contributed by atoms with E-state index >= 15 is 0 Å². The molecule has 0 aromatic carbocycles. The molecule has 0 radical (unpaired) electrons. The van der Waals surface area contributed by atoms with E-state index in [9.17, 15) is 18.0 Å². The average Bonchev–Trinajstić information content (AvgIpc) is 1.95. The van der Waals surface area contributed by atoms with Crippen LogP contribution in [0.4, 0.5) is 13.2 Å². The normalized spacial score (nSPS) is 15.1. The van der Waals surface area contributed by atoms with Crippen LogP contribution in [0.2, 0.25) is 0 Å². The van der Waals surface area contributed by atoms with Crippen LogP contribution in [0.3, 0.4) is 0 Å². The lowest BCUT2D eigenvalue weighted by atomic mass is 9.87. The third-order valence-corrected chi connectivity index (χ3v) is 1.85. The van der Waals surface area contributed by atoms with Gasteiger partial charge in [-0.2, -0.15) is 13.2 Å². The first kappa shape index (κ1) is 13.2. The Balaban J connectivity index is 4.03. The molecular formula is C8H15F3N2O. The summed E-state index contributed by atoms with van der Waals surface area (Å²) in [4.78, 5) is 10.4. The molecule has 1 unspecified atom stereocenters. The molecule has 0 fully saturated rings. The summed E-state index contributed by atoms with van der Waals surface area (Å²) in [6.45, 7) is 5.19. The largest absolute Gasteiger partial charge is 0.471 e. The Kier molecular flexibility index (Phi) is 3.93. The van der Waals surface area contributed by atoms with Gasteiger partial charge in [0.1, 0.15) is 0 Å². The summed E-state index contributed by atoms with van der Waals surface area (Å²) >= 11 is 0. The molecule has 0 aromatic heterocycles. The first-order valence-corrected chi connectivity index (χ1v) is 4.15. The Morgan fingerprint density at radius 3 is 2.07 bits per heavy atom. The van der Waals surface area contributed by atoms with Gasteiger partial charge in [0.15, 0.2) is 0 Å². The molecule has 0 bridgehead atoms. The van der Waals surface area contributed by atoms with Crippen molar-refractivity contribution in [1.29, 1.82) is 0 Å². The van der Waals surface area contributed by atoms with Gasteiger partial charge >= 0.3 is 12.1 Å². The third-order valence-electron chi connectivity index (χ3n) is 1.85. The van der Waals surface area contributed by atoms with Crippen LogP contribution >= 0.6 is 0 Å². The quantitative estimate of drug-likeness (QED) is 0.718. The summed E-state index contributed by atoms with van der Waals surface area (Å²) in [5, 5.41) is 1.74. The molecular weight excluding hydrogens is 197 g/mol. The number of rotatable bonds is 2. The monoisotopic (exact) mass is 212 g/mol. The fourth-order valence-electron chi connectivity index (χ4n) is 0.609. The Morgan fingerprint density at radius 2 is 1.79 bits per heavy atom. The van der Waals surface area contributed by atoms with Crippen molar-refractivity contribution < 1.29 is 18.0 Å². The van der Waals surface area contributed by atoms with Crippen molar-refractivity contribution >= 4 is 5.91 Å². The number of carbonyl (C=O) groups excluding carboxylic acids is 1. The molecule has 0 aromatic rings. The second-order valence-corrected chi connectivity index (χ2v) is 4.18. The van der Waals surface area contributed by atoms with E-state index in [4.69, 9.17) is 5.73 Å². The molecule has 0 saturated heterocycles. The highest BCUT2D eigenvalue weighted by atomic mass is 19.4. The van der Waals surface area contributed by atoms with Crippen molar-refractivity contribution in [1.82, 2.24) is 5.32 Å². The van der Waals surface area contributed by atoms with E-state index in [1.165, 1.54) is 0 Å². The fourth-order valence-corrected chi connectivity index (χ4v) is 0.609. The summed E-state index contributed by atoms with van der Waals surface area (Å²) in [6.07, 6.45) is -4.84. The van der Waals surface area contributed by atoms with E-state index in [-0.39, 0.29) is 12.0 Å². The second-order valence-electron chi connectivity index (χ2n) is 4.18. The van der Waals surface area contributed by atoms with Gasteiger partial charge in [-0.15, -0.1) is 0 Å². The maximum atomic E-state index is 11.7. The lowest BCUT2D eigenvalue weighted by Gasteiger charge is -2.27. The van der Waals surface area contributed by atoms with Crippen molar-refractivity contribution in [2.24, 2.45) is 11.1 Å². The first-order valence-electron chi connectivity index (χ1n) is 4.15. The minimum Gasteiger partial charge on any atom is -0.347 e. The Morgan fingerprint density at radius 1 is 1.36 bits per heavy atom. The zero-order valence-electron chi connectivity index (χ0n) is 8.40. The summed E-state index contributed by atoms with van der Waals surface area (Å²) in [6, 6.07) is -0.506. The van der Waals surface area contributed by atoms with Crippen molar-refractivity contribution in [3.05, 3.63) is 0 Å². The highest BCUT2D eigenvalue weighted by Gasteiger charge is 2.38. The lowest BCUT2D eigenvalue weighted by Crippen LogP contribution is -2.48. The SMILES string of the molecule is CC(C)(C)C(N)CNC(=O)C(F)(F)F. The van der Waals surface area contributed by atoms with E-state index < -0.39 is 18.1 Å². The van der Waals surface area contributed by atoms with Crippen LogP contribution in [0.1, 0.15) is 20.8 Å². The zero-order valence-corrected chi connectivity index (χ0v) is 8.40. The molecule has 0 rings (SSSR count). The molecule has 0 heterocycles. The molecule has 84 valence electrons. The minimum absolute atomic E-state index is 0.179. The maximum absolute atomic E-state index is 11.7. The second kappa shape index (κ2) is 4.16. The van der Waals surface area contributed by atoms with Crippen LogP contribution < -0.4 is 11.1 Å². The molecule has 6 heteroatoms. The molecule has 1 amide bonds. The minimum atomic E-state index is -4.84. The van der Waals surface area contributed by atoms with Crippen LogP contribution in [0.5, 0.6) is 0 Å². The maximum Gasteiger partial charge on any atom is 0.471 e. The number of halogens is 3. The predicted octanol–water partition coefficient (Wildman–Crippen LogP) is 1.04. The Bertz CT molecular complexity index is 208. The van der Waals surface area contributed by atoms with Gasteiger partial charge in [0.2, 0.25) is 0 Å². The third kappa shape index (κ3) is 4.45. The highest BCUT2D eigenvalue weighted by Crippen LogP contribution is 2.18. The topological polar surface area (TPSA) is 55.1 Å². The van der Waals surface area contributed by atoms with Crippen molar-refractivity contribution in [3.8, 4) is 0 Å². The fraction of sp³-hybridized carbons (Fsp3) is 0.875. The molecule has 0 aliphatic carbocycles. The molecule has 3 N–H and O–H groups in total. The summed E-state index contributed by atoms with van der Waals surface area (Å²) in [7, 11) is 0. The summed E-state index contributed by atoms with van der Waals surface area (Å²) < 4.78 is 35.2. The number of hydrogen-bond donors (Lipinski definition) is 2. The van der Waals surface area contributed by atoms with E-state index in [1.54, 1.807) is 26.1 Å². The molecule has 3 nitrogen and oxygen atoms in total. The Hall–Kier alpha value is -0.780. The molecule has 0 spiro atoms. The zero-order chi connectivity index (χ0) is 11.6. The van der Waals surface area contributed by atoms with Gasteiger partial charge in [-0.05, 0) is 5.41 Å². The summed E-state index contributed by atoms with van der Waals surface area (Å²) in [5.74, 6) is -1.95. The van der Waals surface area contributed by atoms with Crippen molar-refractivity contribution in [3.63, 3.8) is 0 Å². The van der Waals surface area contributed by atoms with Gasteiger partial charge in [-0.25, -0.2) is 0 Å². The number of nitrogens with one attached hydrogen (secondary N) is 1. The predicted molar refractivity (Wildman–Crippen MR) is 46.5 cm³/mol. The average molecular weight is 212 g/mol. The van der Waals surface area contributed by atoms with E-state index in [2.05, 4.69) is 0 Å². The molecule has 0 saturated carbocycles. The molecule has 0 aliphatic rings. The van der Waals surface area contributed by atoms with Gasteiger partial charge < -0.3 is 11.1 Å². The van der Waals surface area contributed by atoms with Gasteiger partial charge in [0.25, 0.3) is 0 Å². The number of amides is 1. The van der Waals surface area contributed by atoms with Crippen molar-refractivity contribution in [2.75, 3.05) is 6.54 Å². The number of nitrogens with two attached hydrogens (primary N) is 1. The Labute approximate surface area is 80.8 Å². The molecule has 14 heavy (non-hydrogen) atoms. The van der Waals surface area contributed by atoms with E-state index in [1.807, 2.05) is 0 Å². The number of hydrogen-bond acceptors (Lipinski definition) is 2. The number of alkyl halides is 3. The first-order chi connectivity index (χ1) is 6.05. The van der Waals surface area contributed by atoms with Crippen LogP contribution in [-0.2, 0) is 4.79 Å². The van der Waals surface area contributed by atoms with Gasteiger partial charge in [-0.3, -0.25) is 4.79 Å². The highest BCUT2D eigenvalue weighted by molar-refractivity contribution is 5.81. The van der Waals surface area contributed by atoms with Gasteiger partial charge in [0.05, 0.1) is 0 Å². The van der Waals surface area contributed by atoms with Crippen LogP contribution in [0.15, 0.2) is 0 Å². The smallest absolute Gasteiger partial charge is 0.347 e. The lowest BCUT2D eigenvalue weighted by molar-refractivity contribution is -0.173. The van der Waals surface area contributed by atoms with Crippen LogP contribution in [0, 0.1) is 5.41 Å². The van der Waals surface area contributed by atoms with E-state index in [0.717, 1.165) is 0 Å². The van der Waals surface area contributed by atoms with E-state index in [0.29, 0.717) is 0 Å². The van der Waals surface area contributed by atoms with Crippen LogP contribution in [0.25, 0.3) is 0 Å². The van der Waals surface area contributed by atoms with Crippen LogP contribution in [-0.4, -0.2) is 24.7 Å².